The maximum atomic E-state index is 10.4. The largest absolute Gasteiger partial charge is 0.298 e. The molecule has 0 saturated carbocycles. The average molecular weight is 182 g/mol. The summed E-state index contributed by atoms with van der Waals surface area (Å²) in [4.78, 5) is 10.4. The lowest BCUT2D eigenvalue weighted by Gasteiger charge is -1.95. The Morgan fingerprint density at radius 1 is 0.857 bits per heavy atom. The lowest BCUT2D eigenvalue weighted by molar-refractivity contribution is 0.112. The van der Waals surface area contributed by atoms with E-state index in [-0.39, 0.29) is 0 Å². The molecular weight excluding hydrogens is 172 g/mol. The normalized spacial score (nSPS) is 13.3. The molecule has 0 fully saturated rings. The van der Waals surface area contributed by atoms with Crippen LogP contribution in [0.1, 0.15) is 15.9 Å². The topological polar surface area (TPSA) is 17.1 Å². The predicted octanol–water partition coefficient (Wildman–Crippen LogP) is 3.01. The molecule has 1 heteroatoms. The summed E-state index contributed by atoms with van der Waals surface area (Å²) in [6, 6.07) is 7.52. The molecule has 0 bridgehead atoms. The van der Waals surface area contributed by atoms with Crippen LogP contribution in [0.5, 0.6) is 0 Å². The van der Waals surface area contributed by atoms with E-state index in [2.05, 4.69) is 6.08 Å². The third-order valence-electron chi connectivity index (χ3n) is 2.09. The van der Waals surface area contributed by atoms with Crippen molar-refractivity contribution in [2.24, 2.45) is 0 Å². The number of rotatable bonds is 2. The molecule has 2 rings (SSSR count). The molecule has 0 atom stereocenters. The SMILES string of the molecule is O=Cc1ccc(C=C2C=CC=C2)cc1. The first-order valence-corrected chi connectivity index (χ1v) is 4.50. The van der Waals surface area contributed by atoms with Gasteiger partial charge in [0.1, 0.15) is 6.29 Å². The highest BCUT2D eigenvalue weighted by Crippen LogP contribution is 2.13. The van der Waals surface area contributed by atoms with E-state index in [0.29, 0.717) is 5.56 Å². The second-order valence-corrected chi connectivity index (χ2v) is 3.15. The fourth-order valence-electron chi connectivity index (χ4n) is 1.35. The van der Waals surface area contributed by atoms with Gasteiger partial charge in [-0.2, -0.15) is 0 Å². The Labute approximate surface area is 83.1 Å². The molecule has 0 aliphatic heterocycles. The van der Waals surface area contributed by atoms with E-state index in [1.165, 1.54) is 5.57 Å². The van der Waals surface area contributed by atoms with Crippen molar-refractivity contribution in [3.63, 3.8) is 0 Å². The van der Waals surface area contributed by atoms with Gasteiger partial charge in [-0.25, -0.2) is 0 Å². The molecule has 0 N–H and O–H groups in total. The maximum Gasteiger partial charge on any atom is 0.150 e. The summed E-state index contributed by atoms with van der Waals surface area (Å²) in [6.45, 7) is 0. The number of benzene rings is 1. The van der Waals surface area contributed by atoms with Crippen molar-refractivity contribution in [2.45, 2.75) is 0 Å². The minimum Gasteiger partial charge on any atom is -0.298 e. The molecule has 1 aliphatic rings. The molecule has 0 spiro atoms. The molecule has 1 aromatic carbocycles. The van der Waals surface area contributed by atoms with Crippen LogP contribution in [0.3, 0.4) is 0 Å². The summed E-state index contributed by atoms with van der Waals surface area (Å²) in [7, 11) is 0. The second-order valence-electron chi connectivity index (χ2n) is 3.15. The lowest BCUT2D eigenvalue weighted by Crippen LogP contribution is -1.79. The number of hydrogen-bond donors (Lipinski definition) is 0. The third-order valence-corrected chi connectivity index (χ3v) is 2.09. The van der Waals surface area contributed by atoms with Crippen molar-refractivity contribution >= 4 is 12.4 Å². The minimum absolute atomic E-state index is 0.713. The third kappa shape index (κ3) is 1.88. The summed E-state index contributed by atoms with van der Waals surface area (Å²) in [5.74, 6) is 0. The number of hydrogen-bond acceptors (Lipinski definition) is 1. The van der Waals surface area contributed by atoms with E-state index in [4.69, 9.17) is 0 Å². The summed E-state index contributed by atoms with van der Waals surface area (Å²) in [5.41, 5.74) is 3.01. The predicted molar refractivity (Wildman–Crippen MR) is 58.1 cm³/mol. The van der Waals surface area contributed by atoms with Crippen molar-refractivity contribution in [3.8, 4) is 0 Å². The van der Waals surface area contributed by atoms with Gasteiger partial charge < -0.3 is 0 Å². The van der Waals surface area contributed by atoms with Crippen LogP contribution >= 0.6 is 0 Å². The van der Waals surface area contributed by atoms with E-state index in [0.717, 1.165) is 11.8 Å². The zero-order valence-electron chi connectivity index (χ0n) is 7.68. The minimum atomic E-state index is 0.713. The summed E-state index contributed by atoms with van der Waals surface area (Å²) >= 11 is 0. The Bertz CT molecular complexity index is 405. The van der Waals surface area contributed by atoms with Crippen LogP contribution in [0.4, 0.5) is 0 Å². The first-order chi connectivity index (χ1) is 6.88. The molecule has 14 heavy (non-hydrogen) atoms. The van der Waals surface area contributed by atoms with Gasteiger partial charge in [0.2, 0.25) is 0 Å². The molecular formula is C13H10O. The second kappa shape index (κ2) is 3.88. The van der Waals surface area contributed by atoms with Gasteiger partial charge in [0, 0.05) is 5.56 Å². The Kier molecular flexibility index (Phi) is 2.41. The highest BCUT2D eigenvalue weighted by Gasteiger charge is 1.93. The summed E-state index contributed by atoms with van der Waals surface area (Å²) < 4.78 is 0. The van der Waals surface area contributed by atoms with Gasteiger partial charge in [-0.1, -0.05) is 48.6 Å². The van der Waals surface area contributed by atoms with Crippen LogP contribution in [0, 0.1) is 0 Å². The van der Waals surface area contributed by atoms with Crippen molar-refractivity contribution in [1.29, 1.82) is 0 Å². The van der Waals surface area contributed by atoms with Gasteiger partial charge in [-0.3, -0.25) is 4.79 Å². The zero-order chi connectivity index (χ0) is 9.80. The Hall–Kier alpha value is -1.89. The van der Waals surface area contributed by atoms with Crippen molar-refractivity contribution in [1.82, 2.24) is 0 Å². The van der Waals surface area contributed by atoms with Gasteiger partial charge in [0.15, 0.2) is 0 Å². The molecule has 0 amide bonds. The maximum absolute atomic E-state index is 10.4. The van der Waals surface area contributed by atoms with E-state index in [1.807, 2.05) is 48.6 Å². The number of aldehydes is 1. The molecule has 0 radical (unpaired) electrons. The Morgan fingerprint density at radius 2 is 1.43 bits per heavy atom. The molecule has 0 heterocycles. The molecule has 1 aromatic rings. The van der Waals surface area contributed by atoms with Crippen LogP contribution in [-0.4, -0.2) is 6.29 Å². The van der Waals surface area contributed by atoms with E-state index in [9.17, 15) is 4.79 Å². The number of carbonyl (C=O) groups is 1. The van der Waals surface area contributed by atoms with Gasteiger partial charge >= 0.3 is 0 Å². The van der Waals surface area contributed by atoms with E-state index >= 15 is 0 Å². The van der Waals surface area contributed by atoms with Crippen LogP contribution in [0.25, 0.3) is 6.08 Å². The smallest absolute Gasteiger partial charge is 0.150 e. The van der Waals surface area contributed by atoms with Crippen LogP contribution in [-0.2, 0) is 0 Å². The van der Waals surface area contributed by atoms with Crippen molar-refractivity contribution in [2.75, 3.05) is 0 Å². The standard InChI is InChI=1S/C13H10O/c14-10-13-7-5-12(6-8-13)9-11-3-1-2-4-11/h1-10H. The first-order valence-electron chi connectivity index (χ1n) is 4.50. The first kappa shape index (κ1) is 8.70. The van der Waals surface area contributed by atoms with Crippen LogP contribution < -0.4 is 0 Å². The zero-order valence-corrected chi connectivity index (χ0v) is 7.68. The molecule has 68 valence electrons. The molecule has 1 aliphatic carbocycles. The van der Waals surface area contributed by atoms with E-state index < -0.39 is 0 Å². The molecule has 0 unspecified atom stereocenters. The van der Waals surface area contributed by atoms with Gasteiger partial charge in [0.25, 0.3) is 0 Å². The monoisotopic (exact) mass is 182 g/mol. The van der Waals surface area contributed by atoms with Gasteiger partial charge in [-0.05, 0) is 17.2 Å². The highest BCUT2D eigenvalue weighted by molar-refractivity contribution is 5.75. The van der Waals surface area contributed by atoms with Crippen LogP contribution in [0.15, 0.2) is 54.1 Å². The molecule has 0 aromatic heterocycles. The fraction of sp³-hybridized carbons (Fsp3) is 0. The lowest BCUT2D eigenvalue weighted by atomic mass is 10.1. The number of allylic oxidation sites excluding steroid dienone is 5. The van der Waals surface area contributed by atoms with Crippen LogP contribution in [0.2, 0.25) is 0 Å². The van der Waals surface area contributed by atoms with Gasteiger partial charge in [-0.15, -0.1) is 0 Å². The van der Waals surface area contributed by atoms with Gasteiger partial charge in [0.05, 0.1) is 0 Å². The molecule has 0 saturated heterocycles. The summed E-state index contributed by atoms with van der Waals surface area (Å²) in [6.07, 6.45) is 11.0. The quantitative estimate of drug-likeness (QED) is 0.642. The Balaban J connectivity index is 2.25. The van der Waals surface area contributed by atoms with Crippen molar-refractivity contribution < 1.29 is 4.79 Å². The highest BCUT2D eigenvalue weighted by atomic mass is 16.1. The number of carbonyl (C=O) groups excluding carboxylic acids is 1. The fourth-order valence-corrected chi connectivity index (χ4v) is 1.35. The summed E-state index contributed by atoms with van der Waals surface area (Å²) in [5, 5.41) is 0. The average Bonchev–Trinajstić information content (AvgIpc) is 2.72. The Morgan fingerprint density at radius 3 is 2.00 bits per heavy atom. The van der Waals surface area contributed by atoms with Crippen molar-refractivity contribution in [3.05, 3.63) is 65.3 Å². The molecule has 1 nitrogen and oxygen atoms in total. The van der Waals surface area contributed by atoms with E-state index in [1.54, 1.807) is 0 Å².